The fourth-order valence-electron chi connectivity index (χ4n) is 2.76. The van der Waals surface area contributed by atoms with E-state index < -0.39 is 78.7 Å². The van der Waals surface area contributed by atoms with Crippen molar-refractivity contribution >= 4 is 17.9 Å². The Morgan fingerprint density at radius 1 is 0.694 bits per heavy atom. The van der Waals surface area contributed by atoms with Crippen LogP contribution >= 0.6 is 0 Å². The van der Waals surface area contributed by atoms with Crippen molar-refractivity contribution < 1.29 is 81.3 Å². The van der Waals surface area contributed by atoms with E-state index in [0.717, 1.165) is 13.8 Å². The number of carbonyl (C=O) groups excluding carboxylic acids is 3. The molecule has 18 heteroatoms. The Morgan fingerprint density at radius 2 is 1.03 bits per heavy atom. The molecule has 0 N–H and O–H groups in total. The van der Waals surface area contributed by atoms with Gasteiger partial charge < -0.3 is 14.2 Å². The van der Waals surface area contributed by atoms with Crippen LogP contribution in [0.4, 0.5) is 52.7 Å². The Labute approximate surface area is 195 Å². The van der Waals surface area contributed by atoms with Gasteiger partial charge in [-0.15, -0.1) is 0 Å². The van der Waals surface area contributed by atoms with Crippen LogP contribution in [0.3, 0.4) is 0 Å². The highest BCUT2D eigenvalue weighted by atomic mass is 19.4. The maximum atomic E-state index is 12.8. The zero-order valence-electron chi connectivity index (χ0n) is 18.7. The molecule has 3 unspecified atom stereocenters. The third-order valence-electron chi connectivity index (χ3n) is 4.73. The maximum Gasteiger partial charge on any atom is 0.434 e. The Morgan fingerprint density at radius 3 is 1.31 bits per heavy atom. The van der Waals surface area contributed by atoms with Gasteiger partial charge in [0.15, 0.2) is 0 Å². The summed E-state index contributed by atoms with van der Waals surface area (Å²) in [6.07, 6.45) is -35.8. The quantitative estimate of drug-likeness (QED) is 0.213. The van der Waals surface area contributed by atoms with Crippen LogP contribution in [0, 0.1) is 11.8 Å². The highest BCUT2D eigenvalue weighted by molar-refractivity contribution is 5.82. The van der Waals surface area contributed by atoms with E-state index >= 15 is 0 Å². The average molecular weight is 560 g/mol. The molecule has 0 saturated carbocycles. The fraction of sp³-hybridized carbons (Fsp3) is 0.833. The molecule has 6 nitrogen and oxygen atoms in total. The van der Waals surface area contributed by atoms with Crippen LogP contribution in [0.25, 0.3) is 0 Å². The fourth-order valence-corrected chi connectivity index (χ4v) is 2.76. The molecule has 0 fully saturated rings. The van der Waals surface area contributed by atoms with Gasteiger partial charge in [0.05, 0.1) is 11.8 Å². The van der Waals surface area contributed by atoms with Gasteiger partial charge in [-0.25, -0.2) is 0 Å². The van der Waals surface area contributed by atoms with E-state index in [-0.39, 0.29) is 6.42 Å². The Balaban J connectivity index is 6.38. The summed E-state index contributed by atoms with van der Waals surface area (Å²) in [5.74, 6) is -11.1. The van der Waals surface area contributed by atoms with Crippen molar-refractivity contribution in [2.24, 2.45) is 11.8 Å². The molecule has 0 spiro atoms. The van der Waals surface area contributed by atoms with Gasteiger partial charge in [0.1, 0.15) is 5.60 Å². The second-order valence-corrected chi connectivity index (χ2v) is 7.80. The first kappa shape index (κ1) is 33.6. The van der Waals surface area contributed by atoms with Gasteiger partial charge in [-0.2, -0.15) is 52.7 Å². The summed E-state index contributed by atoms with van der Waals surface area (Å²) in [7, 11) is 0. The summed E-state index contributed by atoms with van der Waals surface area (Å²) in [5, 5.41) is 0. The van der Waals surface area contributed by atoms with E-state index in [0.29, 0.717) is 6.92 Å². The van der Waals surface area contributed by atoms with Gasteiger partial charge in [0.25, 0.3) is 12.2 Å². The van der Waals surface area contributed by atoms with Crippen molar-refractivity contribution in [3.8, 4) is 0 Å². The predicted octanol–water partition coefficient (Wildman–Crippen LogP) is 5.43. The number of hydrogen-bond donors (Lipinski definition) is 0. The minimum atomic E-state index is -6.23. The predicted molar refractivity (Wildman–Crippen MR) is 91.7 cm³/mol. The summed E-state index contributed by atoms with van der Waals surface area (Å²) < 4.78 is 165. The molecule has 0 heterocycles. The molecule has 0 aromatic carbocycles. The van der Waals surface area contributed by atoms with Crippen LogP contribution in [-0.4, -0.2) is 60.4 Å². The normalized spacial score (nSPS) is 16.8. The zero-order valence-corrected chi connectivity index (χ0v) is 18.7. The van der Waals surface area contributed by atoms with Crippen LogP contribution in [0.2, 0.25) is 0 Å². The lowest BCUT2D eigenvalue weighted by atomic mass is 9.82. The molecule has 0 aliphatic heterocycles. The van der Waals surface area contributed by atoms with E-state index in [1.807, 2.05) is 0 Å². The molecule has 0 rings (SSSR count). The van der Waals surface area contributed by atoms with Gasteiger partial charge in [0.2, 0.25) is 0 Å². The summed E-state index contributed by atoms with van der Waals surface area (Å²) >= 11 is 0. The second kappa shape index (κ2) is 11.3. The minimum Gasteiger partial charge on any atom is -0.460 e. The Kier molecular flexibility index (Phi) is 10.5. The van der Waals surface area contributed by atoms with E-state index in [9.17, 15) is 67.1 Å². The van der Waals surface area contributed by atoms with Crippen molar-refractivity contribution in [3.05, 3.63) is 0 Å². The van der Waals surface area contributed by atoms with Crippen molar-refractivity contribution in [3.63, 3.8) is 0 Å². The number of esters is 3. The molecule has 0 amide bonds. The smallest absolute Gasteiger partial charge is 0.434 e. The molecule has 0 aliphatic carbocycles. The molecule has 36 heavy (non-hydrogen) atoms. The third kappa shape index (κ3) is 9.91. The first-order valence-corrected chi connectivity index (χ1v) is 9.63. The third-order valence-corrected chi connectivity index (χ3v) is 4.73. The molecule has 0 saturated heterocycles. The van der Waals surface area contributed by atoms with Gasteiger partial charge in [-0.3, -0.25) is 14.4 Å². The number of alkyl halides is 12. The molecule has 3 atom stereocenters. The molecule has 0 aromatic rings. The van der Waals surface area contributed by atoms with E-state index in [4.69, 9.17) is 4.74 Å². The van der Waals surface area contributed by atoms with E-state index in [1.54, 1.807) is 0 Å². The highest BCUT2D eigenvalue weighted by Crippen LogP contribution is 2.40. The topological polar surface area (TPSA) is 78.9 Å². The molecule has 0 bridgehead atoms. The summed E-state index contributed by atoms with van der Waals surface area (Å²) in [5.41, 5.74) is -1.93. The monoisotopic (exact) mass is 560 g/mol. The maximum absolute atomic E-state index is 12.8. The van der Waals surface area contributed by atoms with Crippen LogP contribution < -0.4 is 0 Å². The lowest BCUT2D eigenvalue weighted by molar-refractivity contribution is -0.317. The SMILES string of the molecule is CCC(C)(CC(C(=O)OC(C(F)(F)F)C(F)(F)F)C(C)C(=O)OC(C(F)(F)F)C(F)(F)F)OC(C)=O. The summed E-state index contributed by atoms with van der Waals surface area (Å²) in [4.78, 5) is 35.7. The average Bonchev–Trinajstić information content (AvgIpc) is 2.63. The summed E-state index contributed by atoms with van der Waals surface area (Å²) in [6.45, 7) is 3.45. The number of rotatable bonds is 9. The second-order valence-electron chi connectivity index (χ2n) is 7.80. The van der Waals surface area contributed by atoms with Crippen LogP contribution in [0.15, 0.2) is 0 Å². The van der Waals surface area contributed by atoms with E-state index in [1.165, 1.54) is 6.92 Å². The van der Waals surface area contributed by atoms with Crippen molar-refractivity contribution in [2.45, 2.75) is 83.1 Å². The van der Waals surface area contributed by atoms with Gasteiger partial charge in [-0.05, 0) is 13.3 Å². The highest BCUT2D eigenvalue weighted by Gasteiger charge is 2.62. The van der Waals surface area contributed by atoms with Gasteiger partial charge >= 0.3 is 42.6 Å². The first-order valence-electron chi connectivity index (χ1n) is 9.63. The zero-order chi connectivity index (χ0) is 29.1. The largest absolute Gasteiger partial charge is 0.460 e. The minimum absolute atomic E-state index is 0.312. The molecule has 0 radical (unpaired) electrons. The van der Waals surface area contributed by atoms with Crippen LogP contribution in [0.5, 0.6) is 0 Å². The molecular weight excluding hydrogens is 540 g/mol. The van der Waals surface area contributed by atoms with Crippen molar-refractivity contribution in [2.75, 3.05) is 0 Å². The molecular formula is C18H20F12O6. The van der Waals surface area contributed by atoms with E-state index in [2.05, 4.69) is 9.47 Å². The number of halogens is 12. The Hall–Kier alpha value is -2.43. The van der Waals surface area contributed by atoms with Gasteiger partial charge in [-0.1, -0.05) is 13.8 Å². The van der Waals surface area contributed by atoms with Gasteiger partial charge in [0, 0.05) is 13.3 Å². The number of hydrogen-bond acceptors (Lipinski definition) is 6. The Bertz CT molecular complexity index is 757. The van der Waals surface area contributed by atoms with Crippen molar-refractivity contribution in [1.29, 1.82) is 0 Å². The van der Waals surface area contributed by atoms with Crippen LogP contribution in [-0.2, 0) is 28.6 Å². The lowest BCUT2D eigenvalue weighted by Crippen LogP contribution is -2.50. The number of carbonyl (C=O) groups is 3. The standard InChI is InChI=1S/C18H20F12O6/c1-5-14(4,36-8(3)31)6-9(11(33)35-13(17(25,26)27)18(28,29)30)7(2)10(32)34-12(15(19,20)21)16(22,23)24/h7,9,12-13H,5-6H2,1-4H3. The van der Waals surface area contributed by atoms with Crippen LogP contribution in [0.1, 0.15) is 40.5 Å². The number of ether oxygens (including phenoxy) is 3. The lowest BCUT2D eigenvalue weighted by Gasteiger charge is -2.34. The molecule has 0 aromatic heterocycles. The molecule has 0 aliphatic rings. The van der Waals surface area contributed by atoms with Crippen molar-refractivity contribution in [1.82, 2.24) is 0 Å². The molecule has 212 valence electrons. The first-order chi connectivity index (χ1) is 15.8. The summed E-state index contributed by atoms with van der Waals surface area (Å²) in [6, 6.07) is 0.